The van der Waals surface area contributed by atoms with E-state index in [1.54, 1.807) is 13.2 Å². The van der Waals surface area contributed by atoms with Crippen LogP contribution in [0.2, 0.25) is 0 Å². The summed E-state index contributed by atoms with van der Waals surface area (Å²) >= 11 is 0. The number of nitrogens with one attached hydrogen (secondary N) is 1. The highest BCUT2D eigenvalue weighted by molar-refractivity contribution is 5.77. The van der Waals surface area contributed by atoms with Crippen LogP contribution in [0, 0.1) is 11.8 Å². The Morgan fingerprint density at radius 3 is 2.72 bits per heavy atom. The number of amides is 1. The van der Waals surface area contributed by atoms with E-state index in [9.17, 15) is 4.79 Å². The van der Waals surface area contributed by atoms with Gasteiger partial charge in [-0.2, -0.15) is 0 Å². The zero-order chi connectivity index (χ0) is 17.5. The van der Waals surface area contributed by atoms with Crippen molar-refractivity contribution in [3.63, 3.8) is 0 Å². The quantitative estimate of drug-likeness (QED) is 0.851. The van der Waals surface area contributed by atoms with Crippen molar-refractivity contribution in [1.82, 2.24) is 5.32 Å². The second-order valence-corrected chi connectivity index (χ2v) is 6.62. The van der Waals surface area contributed by atoms with Crippen molar-refractivity contribution in [2.24, 2.45) is 11.8 Å². The van der Waals surface area contributed by atoms with Crippen molar-refractivity contribution in [3.05, 3.63) is 24.3 Å². The summed E-state index contributed by atoms with van der Waals surface area (Å²) in [6.45, 7) is 3.03. The monoisotopic (exact) mass is 349 g/mol. The average Bonchev–Trinajstić information content (AvgIpc) is 2.68. The maximum atomic E-state index is 12.3. The Morgan fingerprint density at radius 2 is 1.92 bits per heavy atom. The molecule has 6 nitrogen and oxygen atoms in total. The molecule has 1 N–H and O–H groups in total. The van der Waals surface area contributed by atoms with Crippen LogP contribution in [0.1, 0.15) is 19.3 Å². The fourth-order valence-electron chi connectivity index (χ4n) is 3.64. The van der Waals surface area contributed by atoms with Gasteiger partial charge in [0.2, 0.25) is 0 Å². The molecule has 138 valence electrons. The number of carbonyl (C=O) groups is 1. The highest BCUT2D eigenvalue weighted by Gasteiger charge is 2.34. The molecule has 2 aliphatic rings. The van der Waals surface area contributed by atoms with Crippen molar-refractivity contribution in [1.29, 1.82) is 0 Å². The highest BCUT2D eigenvalue weighted by Crippen LogP contribution is 2.30. The SMILES string of the molecule is COc1cccc(OCC(=O)N[C@H]2CCOC[C@H]2C2CCOCC2)c1. The summed E-state index contributed by atoms with van der Waals surface area (Å²) in [4.78, 5) is 12.3. The number of benzene rings is 1. The molecule has 1 aromatic carbocycles. The van der Waals surface area contributed by atoms with Crippen LogP contribution >= 0.6 is 0 Å². The molecule has 1 aromatic rings. The fourth-order valence-corrected chi connectivity index (χ4v) is 3.64. The Balaban J connectivity index is 1.51. The van der Waals surface area contributed by atoms with E-state index in [1.165, 1.54) is 0 Å². The van der Waals surface area contributed by atoms with Gasteiger partial charge in [0.05, 0.1) is 13.7 Å². The summed E-state index contributed by atoms with van der Waals surface area (Å²) in [6.07, 6.45) is 2.94. The smallest absolute Gasteiger partial charge is 0.258 e. The first-order valence-electron chi connectivity index (χ1n) is 8.98. The van der Waals surface area contributed by atoms with Crippen molar-refractivity contribution >= 4 is 5.91 Å². The second kappa shape index (κ2) is 9.06. The van der Waals surface area contributed by atoms with Gasteiger partial charge in [0.15, 0.2) is 6.61 Å². The number of carbonyl (C=O) groups excluding carboxylic acids is 1. The molecule has 2 atom stereocenters. The number of hydrogen-bond donors (Lipinski definition) is 1. The number of ether oxygens (including phenoxy) is 4. The molecule has 0 spiro atoms. The van der Waals surface area contributed by atoms with Crippen LogP contribution < -0.4 is 14.8 Å². The first kappa shape index (κ1) is 18.0. The van der Waals surface area contributed by atoms with E-state index >= 15 is 0 Å². The van der Waals surface area contributed by atoms with Crippen molar-refractivity contribution < 1.29 is 23.7 Å². The minimum atomic E-state index is -0.0909. The molecule has 1 amide bonds. The average molecular weight is 349 g/mol. The van der Waals surface area contributed by atoms with Crippen LogP contribution in [-0.4, -0.2) is 52.1 Å². The van der Waals surface area contributed by atoms with Gasteiger partial charge < -0.3 is 24.3 Å². The van der Waals surface area contributed by atoms with Crippen LogP contribution in [-0.2, 0) is 14.3 Å². The lowest BCUT2D eigenvalue weighted by atomic mass is 9.79. The first-order chi connectivity index (χ1) is 12.3. The minimum absolute atomic E-state index is 0.00498. The van der Waals surface area contributed by atoms with E-state index in [2.05, 4.69) is 5.32 Å². The van der Waals surface area contributed by atoms with Gasteiger partial charge in [-0.25, -0.2) is 0 Å². The van der Waals surface area contributed by atoms with Crippen molar-refractivity contribution in [2.75, 3.05) is 40.1 Å². The lowest BCUT2D eigenvalue weighted by Crippen LogP contribution is -2.50. The lowest BCUT2D eigenvalue weighted by molar-refractivity contribution is -0.125. The Morgan fingerprint density at radius 1 is 1.16 bits per heavy atom. The molecule has 0 radical (unpaired) electrons. The summed E-state index contributed by atoms with van der Waals surface area (Å²) < 4.78 is 21.9. The molecule has 2 aliphatic heterocycles. The third kappa shape index (κ3) is 5.09. The molecule has 0 aromatic heterocycles. The van der Waals surface area contributed by atoms with Crippen molar-refractivity contribution in [2.45, 2.75) is 25.3 Å². The molecule has 3 rings (SSSR count). The predicted octanol–water partition coefficient (Wildman–Crippen LogP) is 2.02. The normalized spacial score (nSPS) is 24.5. The van der Waals surface area contributed by atoms with E-state index in [1.807, 2.05) is 18.2 Å². The molecule has 0 bridgehead atoms. The largest absolute Gasteiger partial charge is 0.497 e. The Bertz CT molecular complexity index is 559. The van der Waals surface area contributed by atoms with Gasteiger partial charge in [0, 0.05) is 37.8 Å². The van der Waals surface area contributed by atoms with E-state index in [0.29, 0.717) is 36.5 Å². The molecular weight excluding hydrogens is 322 g/mol. The van der Waals surface area contributed by atoms with Gasteiger partial charge in [0.1, 0.15) is 11.5 Å². The molecule has 6 heteroatoms. The van der Waals surface area contributed by atoms with E-state index in [-0.39, 0.29) is 18.6 Å². The molecule has 25 heavy (non-hydrogen) atoms. The molecule has 0 saturated carbocycles. The number of rotatable bonds is 6. The van der Waals surface area contributed by atoms with Gasteiger partial charge in [-0.15, -0.1) is 0 Å². The molecule has 2 fully saturated rings. The highest BCUT2D eigenvalue weighted by atomic mass is 16.5. The van der Waals surface area contributed by atoms with Gasteiger partial charge >= 0.3 is 0 Å². The fraction of sp³-hybridized carbons (Fsp3) is 0.632. The predicted molar refractivity (Wildman–Crippen MR) is 92.9 cm³/mol. The maximum Gasteiger partial charge on any atom is 0.258 e. The molecule has 0 unspecified atom stereocenters. The van der Waals surface area contributed by atoms with Crippen LogP contribution in [0.4, 0.5) is 0 Å². The van der Waals surface area contributed by atoms with Crippen molar-refractivity contribution in [3.8, 4) is 11.5 Å². The zero-order valence-electron chi connectivity index (χ0n) is 14.7. The number of hydrogen-bond acceptors (Lipinski definition) is 5. The van der Waals surface area contributed by atoms with Gasteiger partial charge in [-0.1, -0.05) is 6.07 Å². The molecule has 2 heterocycles. The Kier molecular flexibility index (Phi) is 6.53. The molecular formula is C19H27NO5. The zero-order valence-corrected chi connectivity index (χ0v) is 14.7. The van der Waals surface area contributed by atoms with Gasteiger partial charge in [-0.3, -0.25) is 4.79 Å². The first-order valence-corrected chi connectivity index (χ1v) is 8.98. The van der Waals surface area contributed by atoms with Gasteiger partial charge in [-0.05, 0) is 37.3 Å². The van der Waals surface area contributed by atoms with Gasteiger partial charge in [0.25, 0.3) is 5.91 Å². The summed E-state index contributed by atoms with van der Waals surface area (Å²) in [7, 11) is 1.60. The van der Waals surface area contributed by atoms with Crippen LogP contribution in [0.3, 0.4) is 0 Å². The summed E-state index contributed by atoms with van der Waals surface area (Å²) in [5.74, 6) is 2.16. The Hall–Kier alpha value is -1.79. The minimum Gasteiger partial charge on any atom is -0.497 e. The Labute approximate surface area is 148 Å². The standard InChI is InChI=1S/C19H27NO5/c1-22-15-3-2-4-16(11-15)25-13-19(21)20-18-7-10-24-12-17(18)14-5-8-23-9-6-14/h2-4,11,14,17-18H,5-10,12-13H2,1H3,(H,20,21)/t17-,18-/m0/s1. The second-order valence-electron chi connectivity index (χ2n) is 6.62. The van der Waals surface area contributed by atoms with Crippen LogP contribution in [0.5, 0.6) is 11.5 Å². The lowest BCUT2D eigenvalue weighted by Gasteiger charge is -2.39. The van der Waals surface area contributed by atoms with Crippen LogP contribution in [0.25, 0.3) is 0 Å². The number of methoxy groups -OCH3 is 1. The van der Waals surface area contributed by atoms with E-state index in [0.717, 1.165) is 32.5 Å². The van der Waals surface area contributed by atoms with E-state index < -0.39 is 0 Å². The molecule has 2 saturated heterocycles. The molecule has 0 aliphatic carbocycles. The van der Waals surface area contributed by atoms with E-state index in [4.69, 9.17) is 18.9 Å². The summed E-state index contributed by atoms with van der Waals surface area (Å²) in [5.41, 5.74) is 0. The maximum absolute atomic E-state index is 12.3. The third-order valence-electron chi connectivity index (χ3n) is 5.03. The third-order valence-corrected chi connectivity index (χ3v) is 5.03. The summed E-state index contributed by atoms with van der Waals surface area (Å²) in [5, 5.41) is 3.15. The summed E-state index contributed by atoms with van der Waals surface area (Å²) in [6, 6.07) is 7.42. The topological polar surface area (TPSA) is 66.0 Å². The van der Waals surface area contributed by atoms with Crippen LogP contribution in [0.15, 0.2) is 24.3 Å².